The summed E-state index contributed by atoms with van der Waals surface area (Å²) in [5.41, 5.74) is 1.46. The smallest absolute Gasteiger partial charge is 0.126 e. The minimum absolute atomic E-state index is 0.215. The standard InChI is InChI=1S/C20H23F2NO2/c1-15-14-18(6-7-19(15)22)25-20(16-2-4-17(21)5-3-16)8-9-23-10-12-24-13-11-23/h2-7,14,20H,8-13H2,1H3. The molecule has 0 N–H and O–H groups in total. The Morgan fingerprint density at radius 2 is 1.80 bits per heavy atom. The molecule has 25 heavy (non-hydrogen) atoms. The highest BCUT2D eigenvalue weighted by Gasteiger charge is 2.18. The molecule has 0 bridgehead atoms. The molecule has 1 atom stereocenters. The van der Waals surface area contributed by atoms with E-state index in [1.54, 1.807) is 31.2 Å². The van der Waals surface area contributed by atoms with Crippen LogP contribution in [0.2, 0.25) is 0 Å². The summed E-state index contributed by atoms with van der Waals surface area (Å²) < 4.78 is 38.2. The molecule has 0 aliphatic carbocycles. The van der Waals surface area contributed by atoms with E-state index >= 15 is 0 Å². The van der Waals surface area contributed by atoms with Gasteiger partial charge in [0.05, 0.1) is 13.2 Å². The van der Waals surface area contributed by atoms with E-state index in [2.05, 4.69) is 4.90 Å². The van der Waals surface area contributed by atoms with Gasteiger partial charge in [-0.25, -0.2) is 8.78 Å². The van der Waals surface area contributed by atoms with Crippen LogP contribution in [-0.2, 0) is 4.74 Å². The van der Waals surface area contributed by atoms with Crippen molar-refractivity contribution in [2.75, 3.05) is 32.8 Å². The van der Waals surface area contributed by atoms with Gasteiger partial charge in [-0.3, -0.25) is 4.90 Å². The first-order chi connectivity index (χ1) is 12.1. The number of rotatable bonds is 6. The first-order valence-corrected chi connectivity index (χ1v) is 8.60. The molecule has 134 valence electrons. The van der Waals surface area contributed by atoms with E-state index in [1.807, 2.05) is 0 Å². The largest absolute Gasteiger partial charge is 0.486 e. The maximum Gasteiger partial charge on any atom is 0.126 e. The zero-order chi connectivity index (χ0) is 17.6. The topological polar surface area (TPSA) is 21.7 Å². The van der Waals surface area contributed by atoms with Crippen molar-refractivity contribution in [3.63, 3.8) is 0 Å². The lowest BCUT2D eigenvalue weighted by molar-refractivity contribution is 0.0317. The minimum atomic E-state index is -0.270. The third kappa shape index (κ3) is 5.00. The van der Waals surface area contributed by atoms with E-state index in [1.165, 1.54) is 18.2 Å². The number of halogens is 2. The maximum absolute atomic E-state index is 13.5. The van der Waals surface area contributed by atoms with Crippen molar-refractivity contribution in [3.05, 3.63) is 65.2 Å². The van der Waals surface area contributed by atoms with Crippen molar-refractivity contribution in [3.8, 4) is 5.75 Å². The molecule has 0 saturated carbocycles. The predicted molar refractivity (Wildman–Crippen MR) is 92.8 cm³/mol. The molecule has 0 spiro atoms. The fourth-order valence-corrected chi connectivity index (χ4v) is 2.95. The Labute approximate surface area is 147 Å². The van der Waals surface area contributed by atoms with Crippen molar-refractivity contribution in [2.24, 2.45) is 0 Å². The van der Waals surface area contributed by atoms with Gasteiger partial charge < -0.3 is 9.47 Å². The number of ether oxygens (including phenoxy) is 2. The SMILES string of the molecule is Cc1cc(OC(CCN2CCOCC2)c2ccc(F)cc2)ccc1F. The quantitative estimate of drug-likeness (QED) is 0.785. The summed E-state index contributed by atoms with van der Waals surface area (Å²) in [6.45, 7) is 5.89. The molecule has 2 aromatic carbocycles. The molecule has 2 aromatic rings. The number of benzene rings is 2. The molecule has 3 nitrogen and oxygen atoms in total. The molecule has 5 heteroatoms. The van der Waals surface area contributed by atoms with Crippen LogP contribution < -0.4 is 4.74 Å². The molecule has 0 aromatic heterocycles. The van der Waals surface area contributed by atoms with E-state index in [9.17, 15) is 8.78 Å². The van der Waals surface area contributed by atoms with Gasteiger partial charge in [-0.05, 0) is 48.4 Å². The van der Waals surface area contributed by atoms with Crippen molar-refractivity contribution in [1.82, 2.24) is 4.90 Å². The Hall–Kier alpha value is -1.98. The summed E-state index contributed by atoms with van der Waals surface area (Å²) in [5.74, 6) is 0.0995. The third-order valence-electron chi connectivity index (χ3n) is 4.46. The monoisotopic (exact) mass is 347 g/mol. The fraction of sp³-hybridized carbons (Fsp3) is 0.400. The molecule has 0 amide bonds. The molecule has 0 radical (unpaired) electrons. The molecular formula is C20H23F2NO2. The van der Waals surface area contributed by atoms with E-state index in [0.717, 1.165) is 44.8 Å². The Kier molecular flexibility index (Phi) is 6.00. The molecule has 1 aliphatic rings. The summed E-state index contributed by atoms with van der Waals surface area (Å²) in [5, 5.41) is 0. The van der Waals surface area contributed by atoms with Gasteiger partial charge in [0.25, 0.3) is 0 Å². The maximum atomic E-state index is 13.5. The molecular weight excluding hydrogens is 324 g/mol. The molecule has 1 unspecified atom stereocenters. The Morgan fingerprint density at radius 3 is 2.48 bits per heavy atom. The Bertz CT molecular complexity index is 685. The highest BCUT2D eigenvalue weighted by Crippen LogP contribution is 2.27. The van der Waals surface area contributed by atoms with Gasteiger partial charge in [0.1, 0.15) is 23.5 Å². The lowest BCUT2D eigenvalue weighted by atomic mass is 10.1. The third-order valence-corrected chi connectivity index (χ3v) is 4.46. The second-order valence-electron chi connectivity index (χ2n) is 6.31. The highest BCUT2D eigenvalue weighted by molar-refractivity contribution is 5.30. The van der Waals surface area contributed by atoms with Crippen LogP contribution in [0.15, 0.2) is 42.5 Å². The highest BCUT2D eigenvalue weighted by atomic mass is 19.1. The Balaban J connectivity index is 1.73. The second-order valence-corrected chi connectivity index (χ2v) is 6.31. The lowest BCUT2D eigenvalue weighted by Crippen LogP contribution is -2.37. The van der Waals surface area contributed by atoms with Gasteiger partial charge in [0.15, 0.2) is 0 Å². The van der Waals surface area contributed by atoms with Crippen LogP contribution in [0.5, 0.6) is 5.75 Å². The first-order valence-electron chi connectivity index (χ1n) is 8.60. The van der Waals surface area contributed by atoms with Gasteiger partial charge in [-0.2, -0.15) is 0 Å². The van der Waals surface area contributed by atoms with E-state index in [0.29, 0.717) is 11.3 Å². The molecule has 3 rings (SSSR count). The summed E-state index contributed by atoms with van der Waals surface area (Å²) in [4.78, 5) is 2.33. The average molecular weight is 347 g/mol. The number of hydrogen-bond donors (Lipinski definition) is 0. The van der Waals surface area contributed by atoms with Crippen molar-refractivity contribution in [1.29, 1.82) is 0 Å². The van der Waals surface area contributed by atoms with Crippen LogP contribution in [0.1, 0.15) is 23.7 Å². The van der Waals surface area contributed by atoms with Gasteiger partial charge in [0, 0.05) is 26.1 Å². The Morgan fingerprint density at radius 1 is 1.08 bits per heavy atom. The van der Waals surface area contributed by atoms with Gasteiger partial charge in [-0.15, -0.1) is 0 Å². The first kappa shape index (κ1) is 17.8. The van der Waals surface area contributed by atoms with Gasteiger partial charge in [-0.1, -0.05) is 12.1 Å². The predicted octanol–water partition coefficient (Wildman–Crippen LogP) is 4.12. The van der Waals surface area contributed by atoms with E-state index in [4.69, 9.17) is 9.47 Å². The van der Waals surface area contributed by atoms with Crippen molar-refractivity contribution >= 4 is 0 Å². The zero-order valence-electron chi connectivity index (χ0n) is 14.4. The van der Waals surface area contributed by atoms with Crippen LogP contribution in [-0.4, -0.2) is 37.7 Å². The number of aryl methyl sites for hydroxylation is 1. The van der Waals surface area contributed by atoms with E-state index in [-0.39, 0.29) is 17.7 Å². The van der Waals surface area contributed by atoms with Gasteiger partial charge >= 0.3 is 0 Å². The molecule has 1 aliphatic heterocycles. The zero-order valence-corrected chi connectivity index (χ0v) is 14.4. The summed E-state index contributed by atoms with van der Waals surface area (Å²) in [7, 11) is 0. The number of morpholine rings is 1. The molecule has 1 fully saturated rings. The summed E-state index contributed by atoms with van der Waals surface area (Å²) >= 11 is 0. The second kappa shape index (κ2) is 8.41. The van der Waals surface area contributed by atoms with E-state index < -0.39 is 0 Å². The van der Waals surface area contributed by atoms with Crippen LogP contribution in [0.4, 0.5) is 8.78 Å². The van der Waals surface area contributed by atoms with Crippen LogP contribution in [0, 0.1) is 18.6 Å². The van der Waals surface area contributed by atoms with Gasteiger partial charge in [0.2, 0.25) is 0 Å². The number of nitrogens with zero attached hydrogens (tertiary/aromatic N) is 1. The normalized spacial score (nSPS) is 16.6. The van der Waals surface area contributed by atoms with Crippen molar-refractivity contribution in [2.45, 2.75) is 19.4 Å². The lowest BCUT2D eigenvalue weighted by Gasteiger charge is -2.28. The fourth-order valence-electron chi connectivity index (χ4n) is 2.95. The van der Waals surface area contributed by atoms with Crippen LogP contribution >= 0.6 is 0 Å². The van der Waals surface area contributed by atoms with Crippen LogP contribution in [0.25, 0.3) is 0 Å². The molecule has 1 heterocycles. The average Bonchev–Trinajstić information content (AvgIpc) is 2.63. The summed E-state index contributed by atoms with van der Waals surface area (Å²) in [6, 6.07) is 11.1. The number of hydrogen-bond acceptors (Lipinski definition) is 3. The van der Waals surface area contributed by atoms with Crippen LogP contribution in [0.3, 0.4) is 0 Å². The molecule has 1 saturated heterocycles. The summed E-state index contributed by atoms with van der Waals surface area (Å²) in [6.07, 6.45) is 0.551. The van der Waals surface area contributed by atoms with Crippen molar-refractivity contribution < 1.29 is 18.3 Å². The minimum Gasteiger partial charge on any atom is -0.486 e.